The van der Waals surface area contributed by atoms with Gasteiger partial charge in [0.05, 0.1) is 20.8 Å². The fraction of sp³-hybridized carbons (Fsp3) is 0.389. The second kappa shape index (κ2) is 15.2. The molecule has 43 heavy (non-hydrogen) atoms. The number of methoxy groups -OCH3 is 2. The van der Waals surface area contributed by atoms with Gasteiger partial charge in [-0.3, -0.25) is 9.69 Å². The highest BCUT2D eigenvalue weighted by atomic mass is 32.1. The molecule has 0 aliphatic carbocycles. The molecule has 1 N–H and O–H groups in total. The van der Waals surface area contributed by atoms with Crippen LogP contribution in [0.25, 0.3) is 0 Å². The minimum Gasteiger partial charge on any atom is -0.493 e. The van der Waals surface area contributed by atoms with E-state index in [9.17, 15) is 4.79 Å². The highest BCUT2D eigenvalue weighted by Crippen LogP contribution is 2.28. The molecule has 1 unspecified atom stereocenters. The maximum atomic E-state index is 13.0. The van der Waals surface area contributed by atoms with Crippen molar-refractivity contribution in [1.29, 1.82) is 0 Å². The fourth-order valence-electron chi connectivity index (χ4n) is 4.98. The minimum absolute atomic E-state index is 0.0620. The van der Waals surface area contributed by atoms with Crippen LogP contribution in [0.4, 0.5) is 0 Å². The van der Waals surface area contributed by atoms with Gasteiger partial charge in [-0.25, -0.2) is 4.98 Å². The van der Waals surface area contributed by atoms with Crippen molar-refractivity contribution in [3.05, 3.63) is 111 Å². The zero-order valence-electron chi connectivity index (χ0n) is 26.4. The van der Waals surface area contributed by atoms with E-state index in [1.165, 1.54) is 22.3 Å². The number of thiazole rings is 1. The quantitative estimate of drug-likeness (QED) is 0.163. The largest absolute Gasteiger partial charge is 0.493 e. The lowest BCUT2D eigenvalue weighted by atomic mass is 9.87. The van der Waals surface area contributed by atoms with E-state index in [0.717, 1.165) is 48.9 Å². The Labute approximate surface area is 261 Å². The van der Waals surface area contributed by atoms with Gasteiger partial charge in [-0.1, -0.05) is 81.4 Å². The summed E-state index contributed by atoms with van der Waals surface area (Å²) in [4.78, 5) is 20.1. The van der Waals surface area contributed by atoms with Gasteiger partial charge >= 0.3 is 0 Å². The summed E-state index contributed by atoms with van der Waals surface area (Å²) in [7, 11) is 3.31. The van der Waals surface area contributed by atoms with Crippen LogP contribution in [-0.4, -0.2) is 42.6 Å². The van der Waals surface area contributed by atoms with Gasteiger partial charge in [-0.15, -0.1) is 11.3 Å². The molecule has 4 rings (SSSR count). The van der Waals surface area contributed by atoms with E-state index in [4.69, 9.17) is 14.5 Å². The van der Waals surface area contributed by atoms with Crippen LogP contribution in [0.2, 0.25) is 0 Å². The molecule has 7 heteroatoms. The van der Waals surface area contributed by atoms with E-state index in [2.05, 4.69) is 80.4 Å². The smallest absolute Gasteiger partial charge is 0.270 e. The Morgan fingerprint density at radius 3 is 2.26 bits per heavy atom. The normalized spacial score (nSPS) is 12.3. The standard InChI is InChI=1S/C36H45N3O3S/c1-26(12-13-27-10-8-7-9-11-27)37-35(40)31-25-43-34(38-31)24-39(23-29-14-17-30(18-15-29)36(2,3)4)21-20-28-16-19-32(41-5)33(22-28)42-6/h7-11,14-19,22,25-26H,12-13,20-21,23-24H2,1-6H3,(H,37,40). The molecule has 6 nitrogen and oxygen atoms in total. The number of hydrogen-bond acceptors (Lipinski definition) is 6. The van der Waals surface area contributed by atoms with Crippen LogP contribution in [0, 0.1) is 0 Å². The van der Waals surface area contributed by atoms with Crippen molar-refractivity contribution in [2.75, 3.05) is 20.8 Å². The number of benzene rings is 3. The van der Waals surface area contributed by atoms with Gasteiger partial charge in [0.1, 0.15) is 10.7 Å². The predicted octanol–water partition coefficient (Wildman–Crippen LogP) is 7.45. The molecule has 0 radical (unpaired) electrons. The van der Waals surface area contributed by atoms with Gasteiger partial charge in [-0.05, 0) is 66.0 Å². The Morgan fingerprint density at radius 1 is 0.884 bits per heavy atom. The number of carbonyl (C=O) groups excluding carboxylic acids is 1. The zero-order valence-corrected chi connectivity index (χ0v) is 27.2. The van der Waals surface area contributed by atoms with E-state index in [1.54, 1.807) is 25.6 Å². The third-order valence-electron chi connectivity index (χ3n) is 7.62. The molecule has 1 aromatic heterocycles. The summed E-state index contributed by atoms with van der Waals surface area (Å²) in [5.74, 6) is 1.35. The summed E-state index contributed by atoms with van der Waals surface area (Å²) in [6, 6.07) is 25.4. The number of rotatable bonds is 14. The number of nitrogens with zero attached hydrogens (tertiary/aromatic N) is 2. The third-order valence-corrected chi connectivity index (χ3v) is 8.45. The van der Waals surface area contributed by atoms with Gasteiger partial charge in [0.25, 0.3) is 5.91 Å². The number of hydrogen-bond donors (Lipinski definition) is 1. The van der Waals surface area contributed by atoms with Crippen molar-refractivity contribution in [2.45, 2.75) is 71.5 Å². The zero-order chi connectivity index (χ0) is 30.8. The molecule has 0 saturated heterocycles. The van der Waals surface area contributed by atoms with Crippen molar-refractivity contribution >= 4 is 17.2 Å². The van der Waals surface area contributed by atoms with Gasteiger partial charge in [-0.2, -0.15) is 0 Å². The van der Waals surface area contributed by atoms with Crippen molar-refractivity contribution in [3.63, 3.8) is 0 Å². The second-order valence-electron chi connectivity index (χ2n) is 12.1. The number of ether oxygens (including phenoxy) is 2. The minimum atomic E-state index is -0.113. The molecule has 0 fully saturated rings. The van der Waals surface area contributed by atoms with Crippen LogP contribution in [-0.2, 0) is 31.3 Å². The van der Waals surface area contributed by atoms with Crippen LogP contribution >= 0.6 is 11.3 Å². The molecule has 0 bridgehead atoms. The Morgan fingerprint density at radius 2 is 1.58 bits per heavy atom. The fourth-order valence-corrected chi connectivity index (χ4v) is 5.80. The SMILES string of the molecule is COc1ccc(CCN(Cc2ccc(C(C)(C)C)cc2)Cc2nc(C(=O)NC(C)CCc3ccccc3)cs2)cc1OC. The monoisotopic (exact) mass is 599 g/mol. The lowest BCUT2D eigenvalue weighted by Crippen LogP contribution is -2.33. The summed E-state index contributed by atoms with van der Waals surface area (Å²) < 4.78 is 10.9. The Bertz CT molecular complexity index is 1440. The second-order valence-corrected chi connectivity index (χ2v) is 13.1. The average Bonchev–Trinajstić information content (AvgIpc) is 3.47. The Kier molecular flexibility index (Phi) is 11.4. The number of aryl methyl sites for hydroxylation is 1. The summed E-state index contributed by atoms with van der Waals surface area (Å²) >= 11 is 1.54. The maximum absolute atomic E-state index is 13.0. The van der Waals surface area contributed by atoms with Crippen LogP contribution in [0.5, 0.6) is 11.5 Å². The van der Waals surface area contributed by atoms with E-state index in [0.29, 0.717) is 12.2 Å². The van der Waals surface area contributed by atoms with E-state index in [-0.39, 0.29) is 17.4 Å². The van der Waals surface area contributed by atoms with Gasteiger partial charge < -0.3 is 14.8 Å². The van der Waals surface area contributed by atoms with Gasteiger partial charge in [0, 0.05) is 24.5 Å². The van der Waals surface area contributed by atoms with E-state index >= 15 is 0 Å². The highest BCUT2D eigenvalue weighted by molar-refractivity contribution is 7.09. The first-order valence-electron chi connectivity index (χ1n) is 15.0. The molecule has 0 saturated carbocycles. The number of aromatic nitrogens is 1. The third kappa shape index (κ3) is 9.66. The molecular formula is C36H45N3O3S. The maximum Gasteiger partial charge on any atom is 0.270 e. The van der Waals surface area contributed by atoms with E-state index < -0.39 is 0 Å². The molecule has 0 aliphatic rings. The lowest BCUT2D eigenvalue weighted by Gasteiger charge is -2.23. The van der Waals surface area contributed by atoms with Crippen molar-refractivity contribution < 1.29 is 14.3 Å². The lowest BCUT2D eigenvalue weighted by molar-refractivity contribution is 0.0933. The molecule has 0 spiro atoms. The topological polar surface area (TPSA) is 63.7 Å². The number of nitrogens with one attached hydrogen (secondary N) is 1. The summed E-state index contributed by atoms with van der Waals surface area (Å²) in [6.45, 7) is 11.0. The molecule has 1 heterocycles. The molecule has 0 aliphatic heterocycles. The van der Waals surface area contributed by atoms with Gasteiger partial charge in [0.2, 0.25) is 0 Å². The van der Waals surface area contributed by atoms with Crippen LogP contribution in [0.1, 0.15) is 71.9 Å². The van der Waals surface area contributed by atoms with Gasteiger partial charge in [0.15, 0.2) is 11.5 Å². The van der Waals surface area contributed by atoms with Crippen molar-refractivity contribution in [1.82, 2.24) is 15.2 Å². The summed E-state index contributed by atoms with van der Waals surface area (Å²) in [5.41, 5.74) is 5.63. The number of carbonyl (C=O) groups is 1. The molecule has 4 aromatic rings. The predicted molar refractivity (Wildman–Crippen MR) is 176 cm³/mol. The van der Waals surface area contributed by atoms with Crippen molar-refractivity contribution in [3.8, 4) is 11.5 Å². The van der Waals surface area contributed by atoms with Crippen LogP contribution < -0.4 is 14.8 Å². The average molecular weight is 600 g/mol. The Hall–Kier alpha value is -3.68. The molecule has 1 amide bonds. The van der Waals surface area contributed by atoms with E-state index in [1.807, 2.05) is 35.7 Å². The van der Waals surface area contributed by atoms with Crippen LogP contribution in [0.3, 0.4) is 0 Å². The van der Waals surface area contributed by atoms with Crippen LogP contribution in [0.15, 0.2) is 78.2 Å². The number of amides is 1. The molecule has 228 valence electrons. The van der Waals surface area contributed by atoms with Crippen molar-refractivity contribution in [2.24, 2.45) is 0 Å². The molecule has 3 aromatic carbocycles. The summed E-state index contributed by atoms with van der Waals surface area (Å²) in [5, 5.41) is 5.93. The first-order valence-corrected chi connectivity index (χ1v) is 15.8. The first kappa shape index (κ1) is 32.2. The summed E-state index contributed by atoms with van der Waals surface area (Å²) in [6.07, 6.45) is 2.65. The first-order chi connectivity index (χ1) is 20.6. The highest BCUT2D eigenvalue weighted by Gasteiger charge is 2.17. The molecule has 1 atom stereocenters. The molecular weight excluding hydrogens is 554 g/mol. The Balaban J connectivity index is 1.42.